The largest absolute Gasteiger partial charge is 0.497 e. The molecular formula is C17H19NO4. The minimum Gasteiger partial charge on any atom is -0.497 e. The number of aryl methyl sites for hydroxylation is 1. The van der Waals surface area contributed by atoms with E-state index in [4.69, 9.17) is 9.15 Å². The number of aliphatic hydroxyl groups is 1. The quantitative estimate of drug-likeness (QED) is 0.946. The Morgan fingerprint density at radius 3 is 2.91 bits per heavy atom. The lowest BCUT2D eigenvalue weighted by atomic mass is 10.0. The van der Waals surface area contributed by atoms with E-state index in [0.717, 1.165) is 11.3 Å². The summed E-state index contributed by atoms with van der Waals surface area (Å²) in [6.07, 6.45) is 1.47. The normalized spacial score (nSPS) is 21.1. The molecule has 1 amide bonds. The van der Waals surface area contributed by atoms with Crippen LogP contribution in [-0.2, 0) is 0 Å². The van der Waals surface area contributed by atoms with Crippen molar-refractivity contribution >= 4 is 5.91 Å². The van der Waals surface area contributed by atoms with Gasteiger partial charge in [-0.2, -0.15) is 0 Å². The second-order valence-electron chi connectivity index (χ2n) is 5.59. The van der Waals surface area contributed by atoms with Crippen molar-refractivity contribution in [3.63, 3.8) is 0 Å². The van der Waals surface area contributed by atoms with Crippen LogP contribution < -0.4 is 4.74 Å². The van der Waals surface area contributed by atoms with E-state index >= 15 is 0 Å². The Bertz CT molecular complexity index is 679. The third-order valence-corrected chi connectivity index (χ3v) is 4.00. The molecule has 2 aromatic rings. The summed E-state index contributed by atoms with van der Waals surface area (Å²) in [6, 6.07) is 9.17. The molecule has 5 nitrogen and oxygen atoms in total. The summed E-state index contributed by atoms with van der Waals surface area (Å²) in [6.45, 7) is 2.13. The minimum atomic E-state index is -0.520. The van der Waals surface area contributed by atoms with Gasteiger partial charge in [0.1, 0.15) is 17.8 Å². The molecule has 0 saturated carbocycles. The monoisotopic (exact) mass is 301 g/mol. The third-order valence-electron chi connectivity index (χ3n) is 4.00. The van der Waals surface area contributed by atoms with E-state index < -0.39 is 6.10 Å². The van der Waals surface area contributed by atoms with Crippen LogP contribution >= 0.6 is 0 Å². The lowest BCUT2D eigenvalue weighted by Gasteiger charge is -2.24. The van der Waals surface area contributed by atoms with Gasteiger partial charge in [0.25, 0.3) is 5.91 Å². The van der Waals surface area contributed by atoms with Gasteiger partial charge >= 0.3 is 0 Å². The van der Waals surface area contributed by atoms with Crippen molar-refractivity contribution in [1.29, 1.82) is 0 Å². The van der Waals surface area contributed by atoms with Gasteiger partial charge in [0.2, 0.25) is 0 Å². The second kappa shape index (κ2) is 5.85. The predicted octanol–water partition coefficient (Wildman–Crippen LogP) is 2.54. The number of hydrogen-bond acceptors (Lipinski definition) is 4. The number of nitrogens with zero attached hydrogens (tertiary/aromatic N) is 1. The molecule has 2 atom stereocenters. The van der Waals surface area contributed by atoms with Gasteiger partial charge in [0.05, 0.1) is 24.8 Å². The van der Waals surface area contributed by atoms with Crippen molar-refractivity contribution in [2.24, 2.45) is 0 Å². The van der Waals surface area contributed by atoms with Crippen molar-refractivity contribution in [2.75, 3.05) is 13.7 Å². The standard InChI is InChI=1S/C17H19NO4/c1-11-6-13(10-22-11)17(20)18-9-14(19)8-16(18)12-4-3-5-15(7-12)21-2/h3-7,10,14,16,19H,8-9H2,1-2H3/t14-,16+/m0/s1. The zero-order valence-corrected chi connectivity index (χ0v) is 12.7. The first-order chi connectivity index (χ1) is 10.6. The van der Waals surface area contributed by atoms with Gasteiger partial charge < -0.3 is 19.2 Å². The minimum absolute atomic E-state index is 0.124. The first-order valence-electron chi connectivity index (χ1n) is 7.26. The molecule has 1 aromatic heterocycles. The number of carbonyl (C=O) groups is 1. The van der Waals surface area contributed by atoms with Crippen molar-refractivity contribution < 1.29 is 19.1 Å². The summed E-state index contributed by atoms with van der Waals surface area (Å²) >= 11 is 0. The number of hydrogen-bond donors (Lipinski definition) is 1. The third kappa shape index (κ3) is 2.72. The molecule has 1 aliphatic heterocycles. The fourth-order valence-electron chi connectivity index (χ4n) is 2.92. The molecule has 116 valence electrons. The van der Waals surface area contributed by atoms with Crippen LogP contribution in [0.4, 0.5) is 0 Å². The van der Waals surface area contributed by atoms with Crippen molar-refractivity contribution in [3.8, 4) is 5.75 Å². The van der Waals surface area contributed by atoms with Crippen LogP contribution in [0.25, 0.3) is 0 Å². The van der Waals surface area contributed by atoms with Crippen LogP contribution in [0.15, 0.2) is 41.0 Å². The fourth-order valence-corrected chi connectivity index (χ4v) is 2.92. The molecule has 0 bridgehead atoms. The Labute approximate surface area is 129 Å². The highest BCUT2D eigenvalue weighted by Crippen LogP contribution is 2.34. The van der Waals surface area contributed by atoms with E-state index in [0.29, 0.717) is 24.3 Å². The molecule has 3 rings (SSSR count). The average molecular weight is 301 g/mol. The summed E-state index contributed by atoms with van der Waals surface area (Å²) in [5.74, 6) is 1.31. The molecule has 5 heteroatoms. The molecule has 1 N–H and O–H groups in total. The first-order valence-corrected chi connectivity index (χ1v) is 7.26. The number of carbonyl (C=O) groups excluding carboxylic acids is 1. The van der Waals surface area contributed by atoms with E-state index in [-0.39, 0.29) is 11.9 Å². The van der Waals surface area contributed by atoms with E-state index in [9.17, 15) is 9.90 Å². The lowest BCUT2D eigenvalue weighted by Crippen LogP contribution is -2.31. The lowest BCUT2D eigenvalue weighted by molar-refractivity contribution is 0.0715. The van der Waals surface area contributed by atoms with Crippen LogP contribution in [-0.4, -0.2) is 35.7 Å². The SMILES string of the molecule is COc1cccc([C@H]2C[C@H](O)CN2C(=O)c2coc(C)c2)c1. The van der Waals surface area contributed by atoms with Gasteiger partial charge in [-0.3, -0.25) is 4.79 Å². The molecule has 0 radical (unpaired) electrons. The van der Waals surface area contributed by atoms with Gasteiger partial charge in [0.15, 0.2) is 0 Å². The van der Waals surface area contributed by atoms with Crippen LogP contribution in [0.1, 0.15) is 34.1 Å². The number of β-amino-alcohol motifs (C(OH)–C–C–N with tert-alkyl or cyclic N) is 1. The van der Waals surface area contributed by atoms with Gasteiger partial charge in [-0.1, -0.05) is 12.1 Å². The second-order valence-corrected chi connectivity index (χ2v) is 5.59. The van der Waals surface area contributed by atoms with Crippen LogP contribution in [0, 0.1) is 6.92 Å². The molecule has 0 spiro atoms. The highest BCUT2D eigenvalue weighted by atomic mass is 16.5. The number of aliphatic hydroxyl groups excluding tert-OH is 1. The average Bonchev–Trinajstić information content (AvgIpc) is 3.12. The molecule has 2 heterocycles. The molecule has 0 aliphatic carbocycles. The molecule has 1 aliphatic rings. The van der Waals surface area contributed by atoms with Gasteiger partial charge in [-0.05, 0) is 37.1 Å². The number of furan rings is 1. The number of ether oxygens (including phenoxy) is 1. The Morgan fingerprint density at radius 2 is 2.23 bits per heavy atom. The van der Waals surface area contributed by atoms with Gasteiger partial charge in [-0.25, -0.2) is 0 Å². The molecule has 0 unspecified atom stereocenters. The van der Waals surface area contributed by atoms with E-state index in [1.165, 1.54) is 6.26 Å². The number of methoxy groups -OCH3 is 1. The number of rotatable bonds is 3. The Hall–Kier alpha value is -2.27. The van der Waals surface area contributed by atoms with Gasteiger partial charge in [-0.15, -0.1) is 0 Å². The first kappa shape index (κ1) is 14.7. The molecule has 1 fully saturated rings. The van der Waals surface area contributed by atoms with Crippen LogP contribution in [0.2, 0.25) is 0 Å². The number of benzene rings is 1. The fraction of sp³-hybridized carbons (Fsp3) is 0.353. The molecular weight excluding hydrogens is 282 g/mol. The topological polar surface area (TPSA) is 62.9 Å². The van der Waals surface area contributed by atoms with Crippen LogP contribution in [0.5, 0.6) is 5.75 Å². The van der Waals surface area contributed by atoms with E-state index in [2.05, 4.69) is 0 Å². The summed E-state index contributed by atoms with van der Waals surface area (Å²) in [5, 5.41) is 10.0. The maximum atomic E-state index is 12.7. The van der Waals surface area contributed by atoms with Crippen LogP contribution in [0.3, 0.4) is 0 Å². The zero-order valence-electron chi connectivity index (χ0n) is 12.7. The van der Waals surface area contributed by atoms with Crippen molar-refractivity contribution in [1.82, 2.24) is 4.90 Å². The molecule has 22 heavy (non-hydrogen) atoms. The maximum absolute atomic E-state index is 12.7. The van der Waals surface area contributed by atoms with Crippen molar-refractivity contribution in [3.05, 3.63) is 53.5 Å². The zero-order chi connectivity index (χ0) is 15.7. The highest BCUT2D eigenvalue weighted by molar-refractivity contribution is 5.94. The number of amides is 1. The van der Waals surface area contributed by atoms with Crippen molar-refractivity contribution in [2.45, 2.75) is 25.5 Å². The van der Waals surface area contributed by atoms with Gasteiger partial charge in [0, 0.05) is 6.54 Å². The van der Waals surface area contributed by atoms with E-state index in [1.807, 2.05) is 24.3 Å². The van der Waals surface area contributed by atoms with E-state index in [1.54, 1.807) is 25.0 Å². The Kier molecular flexibility index (Phi) is 3.90. The molecule has 1 saturated heterocycles. The predicted molar refractivity (Wildman–Crippen MR) is 80.8 cm³/mol. The molecule has 1 aromatic carbocycles. The highest BCUT2D eigenvalue weighted by Gasteiger charge is 2.36. The Morgan fingerprint density at radius 1 is 1.41 bits per heavy atom. The smallest absolute Gasteiger partial charge is 0.257 e. The summed E-state index contributed by atoms with van der Waals surface area (Å²) in [7, 11) is 1.61. The summed E-state index contributed by atoms with van der Waals surface area (Å²) in [5.41, 5.74) is 1.48. The summed E-state index contributed by atoms with van der Waals surface area (Å²) in [4.78, 5) is 14.4. The maximum Gasteiger partial charge on any atom is 0.257 e. The summed E-state index contributed by atoms with van der Waals surface area (Å²) < 4.78 is 10.5. The number of likely N-dealkylation sites (tertiary alicyclic amines) is 1. The Balaban J connectivity index is 1.90.